The van der Waals surface area contributed by atoms with Gasteiger partial charge in [-0.1, -0.05) is 36.4 Å². The number of carboxylic acid groups (broad SMARTS) is 1. The highest BCUT2D eigenvalue weighted by Crippen LogP contribution is 2.40. The lowest BCUT2D eigenvalue weighted by atomic mass is 9.91. The molecule has 1 unspecified atom stereocenters. The van der Waals surface area contributed by atoms with E-state index in [0.717, 1.165) is 40.9 Å². The highest BCUT2D eigenvalue weighted by molar-refractivity contribution is 5.93. The monoisotopic (exact) mass is 537 g/mol. The normalized spacial score (nSPS) is 16.0. The number of benzene rings is 3. The molecule has 3 N–H and O–H groups in total. The van der Waals surface area contributed by atoms with Crippen LogP contribution in [0.5, 0.6) is 11.5 Å². The molecule has 1 atom stereocenters. The zero-order valence-corrected chi connectivity index (χ0v) is 22.1. The van der Waals surface area contributed by atoms with E-state index in [1.54, 1.807) is 6.08 Å². The molecule has 2 aliphatic heterocycles. The Morgan fingerprint density at radius 3 is 2.80 bits per heavy atom. The van der Waals surface area contributed by atoms with Gasteiger partial charge in [-0.05, 0) is 71.5 Å². The fraction of sp³-hybridized carbons (Fsp3) is 0.250. The number of carbonyl (C=O) groups excluding carboxylic acids is 1. The maximum atomic E-state index is 13.7. The van der Waals surface area contributed by atoms with E-state index in [1.807, 2.05) is 47.4 Å². The first kappa shape index (κ1) is 25.6. The van der Waals surface area contributed by atoms with Crippen LogP contribution in [0.25, 0.3) is 17.0 Å². The second kappa shape index (κ2) is 11.2. The van der Waals surface area contributed by atoms with E-state index < -0.39 is 6.09 Å². The lowest BCUT2D eigenvalue weighted by molar-refractivity contribution is -0.128. The predicted octanol–water partition coefficient (Wildman–Crippen LogP) is 5.33. The van der Waals surface area contributed by atoms with Crippen molar-refractivity contribution in [2.75, 3.05) is 26.3 Å². The van der Waals surface area contributed by atoms with E-state index in [1.165, 1.54) is 16.5 Å². The van der Waals surface area contributed by atoms with Crippen LogP contribution in [-0.2, 0) is 17.6 Å². The maximum absolute atomic E-state index is 13.7. The van der Waals surface area contributed by atoms with Crippen LogP contribution in [0.4, 0.5) is 4.79 Å². The summed E-state index contributed by atoms with van der Waals surface area (Å²) >= 11 is 0. The number of rotatable bonds is 8. The molecule has 0 bridgehead atoms. The molecule has 40 heavy (non-hydrogen) atoms. The number of hydrogen-bond acceptors (Lipinski definition) is 4. The molecule has 0 fully saturated rings. The summed E-state index contributed by atoms with van der Waals surface area (Å²) in [5, 5.41) is 12.2. The van der Waals surface area contributed by atoms with E-state index in [-0.39, 0.29) is 11.9 Å². The number of ether oxygens (including phenoxy) is 2. The maximum Gasteiger partial charge on any atom is 0.404 e. The second-order valence-corrected chi connectivity index (χ2v) is 10.0. The van der Waals surface area contributed by atoms with Gasteiger partial charge in [-0.2, -0.15) is 0 Å². The average molecular weight is 538 g/mol. The Kier molecular flexibility index (Phi) is 7.14. The third kappa shape index (κ3) is 5.25. The number of H-pyrrole nitrogens is 1. The number of nitrogens with zero attached hydrogens (tertiary/aromatic N) is 1. The molecular weight excluding hydrogens is 506 g/mol. The van der Waals surface area contributed by atoms with Crippen LogP contribution in [0.1, 0.15) is 40.4 Å². The van der Waals surface area contributed by atoms with E-state index in [0.29, 0.717) is 38.5 Å². The van der Waals surface area contributed by atoms with Gasteiger partial charge in [0.05, 0.1) is 19.3 Å². The summed E-state index contributed by atoms with van der Waals surface area (Å²) in [6.07, 6.45) is 4.68. The third-order valence-corrected chi connectivity index (χ3v) is 7.51. The number of fused-ring (bicyclic) bond motifs is 4. The smallest absolute Gasteiger partial charge is 0.404 e. The summed E-state index contributed by atoms with van der Waals surface area (Å²) in [7, 11) is 0. The molecule has 0 aliphatic carbocycles. The van der Waals surface area contributed by atoms with Crippen LogP contribution in [0, 0.1) is 0 Å². The highest BCUT2D eigenvalue weighted by atomic mass is 16.5. The van der Waals surface area contributed by atoms with Crippen LogP contribution in [0.2, 0.25) is 0 Å². The zero-order chi connectivity index (χ0) is 27.5. The van der Waals surface area contributed by atoms with Crippen molar-refractivity contribution in [1.82, 2.24) is 15.2 Å². The molecule has 2 aliphatic rings. The van der Waals surface area contributed by atoms with Crippen LogP contribution in [0.15, 0.2) is 72.8 Å². The minimum atomic E-state index is -1.04. The van der Waals surface area contributed by atoms with Crippen LogP contribution in [-0.4, -0.2) is 53.3 Å². The zero-order valence-electron chi connectivity index (χ0n) is 22.1. The highest BCUT2D eigenvalue weighted by Gasteiger charge is 2.34. The molecule has 0 saturated carbocycles. The number of carbonyl (C=O) groups is 2. The van der Waals surface area contributed by atoms with Gasteiger partial charge in [-0.15, -0.1) is 0 Å². The molecule has 1 aromatic heterocycles. The Morgan fingerprint density at radius 1 is 1.10 bits per heavy atom. The van der Waals surface area contributed by atoms with Gasteiger partial charge in [-0.25, -0.2) is 4.79 Å². The van der Waals surface area contributed by atoms with Gasteiger partial charge in [0.1, 0.15) is 11.5 Å². The Bertz CT molecular complexity index is 1570. The van der Waals surface area contributed by atoms with Crippen molar-refractivity contribution >= 4 is 29.0 Å². The van der Waals surface area contributed by atoms with Crippen LogP contribution in [0.3, 0.4) is 0 Å². The number of hydrogen-bond donors (Lipinski definition) is 3. The predicted molar refractivity (Wildman–Crippen MR) is 153 cm³/mol. The molecule has 0 radical (unpaired) electrons. The summed E-state index contributed by atoms with van der Waals surface area (Å²) in [5.74, 6) is 1.58. The van der Waals surface area contributed by atoms with Gasteiger partial charge in [-0.3, -0.25) is 4.79 Å². The number of amides is 2. The molecule has 8 heteroatoms. The molecular formula is C32H31N3O5. The van der Waals surface area contributed by atoms with Crippen LogP contribution < -0.4 is 14.8 Å². The number of aromatic amines is 1. The standard InChI is InChI=1S/C32H31N3O5/c36-29(13-8-21-6-10-24(11-7-21)39-18-3-16-33-32(37)38)35-17-14-26-25-4-1-2-5-27(25)34-30(26)31(35)23-9-12-28-22(20-23)15-19-40-28/h1-2,4-13,20,31,33-34H,3,14-19H2,(H,37,38). The SMILES string of the molecule is O=C(O)NCCCOc1ccc(C=CC(=O)N2CCc3c([nH]c4ccccc34)C2c2ccc3c(c2)CCO3)cc1. The quantitative estimate of drug-likeness (QED) is 0.208. The Morgan fingerprint density at radius 2 is 1.95 bits per heavy atom. The van der Waals surface area contributed by atoms with Gasteiger partial charge in [0.2, 0.25) is 5.91 Å². The molecule has 8 nitrogen and oxygen atoms in total. The molecule has 0 spiro atoms. The fourth-order valence-electron chi connectivity index (χ4n) is 5.60. The molecule has 2 amide bonds. The first-order valence-electron chi connectivity index (χ1n) is 13.6. The van der Waals surface area contributed by atoms with Crippen molar-refractivity contribution in [1.29, 1.82) is 0 Å². The van der Waals surface area contributed by atoms with Crippen LogP contribution >= 0.6 is 0 Å². The third-order valence-electron chi connectivity index (χ3n) is 7.51. The lowest BCUT2D eigenvalue weighted by Gasteiger charge is -2.36. The Labute approximate surface area is 232 Å². The number of nitrogens with one attached hydrogen (secondary N) is 2. The van der Waals surface area contributed by atoms with Crippen molar-refractivity contribution in [2.45, 2.75) is 25.3 Å². The molecule has 3 heterocycles. The summed E-state index contributed by atoms with van der Waals surface area (Å²) in [4.78, 5) is 29.8. The van der Waals surface area contributed by atoms with Crippen molar-refractivity contribution in [3.05, 3.63) is 101 Å². The first-order valence-corrected chi connectivity index (χ1v) is 13.6. The molecule has 3 aromatic carbocycles. The summed E-state index contributed by atoms with van der Waals surface area (Å²) < 4.78 is 11.4. The van der Waals surface area contributed by atoms with Crippen molar-refractivity contribution < 1.29 is 24.2 Å². The fourth-order valence-corrected chi connectivity index (χ4v) is 5.60. The van der Waals surface area contributed by atoms with E-state index in [2.05, 4.69) is 40.6 Å². The first-order chi connectivity index (χ1) is 19.6. The van der Waals surface area contributed by atoms with E-state index in [4.69, 9.17) is 14.6 Å². The largest absolute Gasteiger partial charge is 0.494 e. The Hall–Kier alpha value is -4.72. The second-order valence-electron chi connectivity index (χ2n) is 10.0. The summed E-state index contributed by atoms with van der Waals surface area (Å²) in [6, 6.07) is 21.9. The van der Waals surface area contributed by atoms with Gasteiger partial charge in [0, 0.05) is 42.2 Å². The van der Waals surface area contributed by atoms with E-state index >= 15 is 0 Å². The average Bonchev–Trinajstić information content (AvgIpc) is 3.60. The summed E-state index contributed by atoms with van der Waals surface area (Å²) in [5.41, 5.74) is 6.60. The molecule has 204 valence electrons. The van der Waals surface area contributed by atoms with E-state index in [9.17, 15) is 9.59 Å². The molecule has 6 rings (SSSR count). The van der Waals surface area contributed by atoms with Crippen molar-refractivity contribution in [3.8, 4) is 11.5 Å². The number of aromatic nitrogens is 1. The molecule has 4 aromatic rings. The Balaban J connectivity index is 1.21. The van der Waals surface area contributed by atoms with Crippen molar-refractivity contribution in [3.63, 3.8) is 0 Å². The minimum absolute atomic E-state index is 0.0442. The minimum Gasteiger partial charge on any atom is -0.494 e. The van der Waals surface area contributed by atoms with Gasteiger partial charge < -0.3 is 29.8 Å². The molecule has 0 saturated heterocycles. The summed E-state index contributed by atoms with van der Waals surface area (Å²) in [6.45, 7) is 2.07. The number of para-hydroxylation sites is 1. The lowest BCUT2D eigenvalue weighted by Crippen LogP contribution is -2.39. The van der Waals surface area contributed by atoms with Gasteiger partial charge >= 0.3 is 6.09 Å². The van der Waals surface area contributed by atoms with Crippen molar-refractivity contribution in [2.24, 2.45) is 0 Å². The van der Waals surface area contributed by atoms with Gasteiger partial charge in [0.25, 0.3) is 0 Å². The van der Waals surface area contributed by atoms with Gasteiger partial charge in [0.15, 0.2) is 0 Å². The topological polar surface area (TPSA) is 104 Å².